The third kappa shape index (κ3) is 5.07. The monoisotopic (exact) mass is 653 g/mol. The van der Waals surface area contributed by atoms with Gasteiger partial charge in [0.2, 0.25) is 17.7 Å². The lowest BCUT2D eigenvalue weighted by molar-refractivity contribution is -0.141. The Morgan fingerprint density at radius 2 is 1.59 bits per heavy atom. The van der Waals surface area contributed by atoms with Crippen LogP contribution in [0.3, 0.4) is 0 Å². The zero-order valence-corrected chi connectivity index (χ0v) is 25.1. The molecule has 3 unspecified atom stereocenters. The molecular formula is C31H29BrClN3O4S. The van der Waals surface area contributed by atoms with Gasteiger partial charge in [-0.05, 0) is 54.8 Å². The van der Waals surface area contributed by atoms with Gasteiger partial charge in [0.15, 0.2) is 0 Å². The number of amides is 3. The molecular weight excluding hydrogens is 626 g/mol. The van der Waals surface area contributed by atoms with Gasteiger partial charge in [0, 0.05) is 26.5 Å². The molecule has 6 rings (SSSR count). The first kappa shape index (κ1) is 28.3. The Hall–Kier alpha value is -2.85. The number of halogens is 2. The van der Waals surface area contributed by atoms with Gasteiger partial charge in [-0.25, -0.2) is 0 Å². The van der Waals surface area contributed by atoms with Crippen molar-refractivity contribution < 1.29 is 19.5 Å². The second kappa shape index (κ2) is 11.4. The number of aliphatic hydroxyl groups is 1. The first-order valence-corrected chi connectivity index (χ1v) is 15.7. The van der Waals surface area contributed by atoms with Crippen LogP contribution in [0.2, 0.25) is 5.02 Å². The summed E-state index contributed by atoms with van der Waals surface area (Å²) in [6.45, 7) is -0.319. The number of fused-ring (bicyclic) bond motifs is 1. The average molecular weight is 655 g/mol. The number of anilines is 2. The quantitative estimate of drug-likeness (QED) is 0.298. The molecule has 3 aliphatic heterocycles. The predicted molar refractivity (Wildman–Crippen MR) is 165 cm³/mol. The Balaban J connectivity index is 1.39. The van der Waals surface area contributed by atoms with Gasteiger partial charge in [-0.2, -0.15) is 0 Å². The zero-order valence-electron chi connectivity index (χ0n) is 22.0. The molecule has 0 aromatic heterocycles. The van der Waals surface area contributed by atoms with Gasteiger partial charge in [0.05, 0.1) is 29.2 Å². The summed E-state index contributed by atoms with van der Waals surface area (Å²) in [4.78, 5) is 43.9. The molecule has 3 amide bonds. The lowest BCUT2D eigenvalue weighted by Crippen LogP contribution is -2.55. The first-order chi connectivity index (χ1) is 19.8. The maximum Gasteiger partial charge on any atom is 0.248 e. The van der Waals surface area contributed by atoms with Gasteiger partial charge < -0.3 is 20.6 Å². The lowest BCUT2D eigenvalue weighted by Gasteiger charge is -2.37. The van der Waals surface area contributed by atoms with E-state index in [-0.39, 0.29) is 34.4 Å². The van der Waals surface area contributed by atoms with Crippen LogP contribution in [-0.2, 0) is 20.8 Å². The summed E-state index contributed by atoms with van der Waals surface area (Å²) in [5.41, 5.74) is 2.16. The Kier molecular flexibility index (Phi) is 7.89. The van der Waals surface area contributed by atoms with E-state index in [4.69, 9.17) is 11.6 Å². The number of likely N-dealkylation sites (tertiary alicyclic amines) is 1. The number of hydrogen-bond acceptors (Lipinski definition) is 5. The number of para-hydroxylation sites is 1. The second-order valence-corrected chi connectivity index (χ2v) is 13.9. The summed E-state index contributed by atoms with van der Waals surface area (Å²) in [5, 5.41) is 17.0. The molecule has 3 saturated heterocycles. The molecule has 7 nitrogen and oxygen atoms in total. The maximum atomic E-state index is 14.5. The molecule has 0 radical (unpaired) electrons. The molecule has 10 heteroatoms. The van der Waals surface area contributed by atoms with Crippen molar-refractivity contribution in [3.05, 3.63) is 95.5 Å². The third-order valence-electron chi connectivity index (χ3n) is 8.35. The summed E-state index contributed by atoms with van der Waals surface area (Å²) < 4.78 is -0.838. The molecule has 3 aromatic rings. The minimum atomic E-state index is -0.888. The van der Waals surface area contributed by atoms with Crippen molar-refractivity contribution in [2.45, 2.75) is 39.7 Å². The van der Waals surface area contributed by atoms with Crippen molar-refractivity contribution in [2.24, 2.45) is 11.8 Å². The molecule has 0 saturated carbocycles. The van der Waals surface area contributed by atoms with Crippen LogP contribution in [0.5, 0.6) is 0 Å². The highest BCUT2D eigenvalue weighted by atomic mass is 79.9. The molecule has 41 heavy (non-hydrogen) atoms. The van der Waals surface area contributed by atoms with Crippen LogP contribution in [0.1, 0.15) is 12.0 Å². The summed E-state index contributed by atoms with van der Waals surface area (Å²) >= 11 is 11.4. The lowest BCUT2D eigenvalue weighted by atomic mass is 9.70. The number of benzene rings is 3. The number of hydrogen-bond donors (Lipinski definition) is 3. The van der Waals surface area contributed by atoms with Crippen LogP contribution in [0.25, 0.3) is 0 Å². The summed E-state index contributed by atoms with van der Waals surface area (Å²) in [7, 11) is 0. The van der Waals surface area contributed by atoms with E-state index in [0.717, 1.165) is 5.56 Å². The van der Waals surface area contributed by atoms with E-state index in [9.17, 15) is 19.5 Å². The third-order valence-corrected chi connectivity index (χ3v) is 11.8. The SMILES string of the molecule is O=C(Nc1ccc(Cl)cc1)C1N([C@@H](CO)Cc2ccccc2)C(=O)[C@@H]2[C@@H](C(=O)Nc3ccccc3)[C@@H]3SC12CC3Br. The highest BCUT2D eigenvalue weighted by Gasteiger charge is 2.76. The normalized spacial score (nSPS) is 28.8. The largest absolute Gasteiger partial charge is 0.394 e. The minimum absolute atomic E-state index is 0.0597. The predicted octanol–water partition coefficient (Wildman–Crippen LogP) is 4.99. The van der Waals surface area contributed by atoms with E-state index in [1.807, 2.05) is 60.7 Å². The standard InChI is InChI=1S/C31H29BrClN3O4S/c32-23-16-31-25(24(26(23)41-31)28(38)34-20-9-5-2-6-10-20)30(40)36(22(17-37)15-18-7-3-1-4-8-18)27(31)29(39)35-21-13-11-19(33)12-14-21/h1-14,22-27,37H,15-17H2,(H,34,38)(H,35,39)/t22-,23?,24-,25+,26-,27?,31?/m1/s1. The highest BCUT2D eigenvalue weighted by Crippen LogP contribution is 2.68. The molecule has 3 fully saturated rings. The van der Waals surface area contributed by atoms with Crippen LogP contribution in [0.15, 0.2) is 84.9 Å². The fourth-order valence-electron chi connectivity index (χ4n) is 6.69. The number of thioether (sulfide) groups is 1. The van der Waals surface area contributed by atoms with Crippen molar-refractivity contribution in [1.29, 1.82) is 0 Å². The maximum absolute atomic E-state index is 14.5. The summed E-state index contributed by atoms with van der Waals surface area (Å²) in [6.07, 6.45) is 0.926. The molecule has 1 spiro atoms. The van der Waals surface area contributed by atoms with Gasteiger partial charge in [0.25, 0.3) is 0 Å². The van der Waals surface area contributed by atoms with Crippen LogP contribution >= 0.6 is 39.3 Å². The zero-order chi connectivity index (χ0) is 28.7. The summed E-state index contributed by atoms with van der Waals surface area (Å²) in [6, 6.07) is 24.1. The van der Waals surface area contributed by atoms with Crippen LogP contribution in [-0.4, -0.2) is 61.2 Å². The fraction of sp³-hybridized carbons (Fsp3) is 0.323. The molecule has 7 atom stereocenters. The van der Waals surface area contributed by atoms with E-state index in [1.54, 1.807) is 40.9 Å². The Labute approximate surface area is 256 Å². The Morgan fingerprint density at radius 1 is 0.976 bits per heavy atom. The van der Waals surface area contributed by atoms with Gasteiger partial charge in [0.1, 0.15) is 6.04 Å². The van der Waals surface area contributed by atoms with Crippen LogP contribution in [0.4, 0.5) is 11.4 Å². The molecule has 3 N–H and O–H groups in total. The number of rotatable bonds is 8. The number of nitrogens with zero attached hydrogens (tertiary/aromatic N) is 1. The van der Waals surface area contributed by atoms with Crippen LogP contribution < -0.4 is 10.6 Å². The number of alkyl halides is 1. The van der Waals surface area contributed by atoms with Gasteiger partial charge in [-0.15, -0.1) is 11.8 Å². The van der Waals surface area contributed by atoms with Gasteiger partial charge in [-0.3, -0.25) is 14.4 Å². The van der Waals surface area contributed by atoms with E-state index in [1.165, 1.54) is 0 Å². The minimum Gasteiger partial charge on any atom is -0.394 e. The molecule has 3 aromatic carbocycles. The van der Waals surface area contributed by atoms with Gasteiger partial charge >= 0.3 is 0 Å². The number of carbonyl (C=O) groups is 3. The van der Waals surface area contributed by atoms with E-state index in [2.05, 4.69) is 26.6 Å². The fourth-order valence-corrected chi connectivity index (χ4v) is 10.4. The van der Waals surface area contributed by atoms with Crippen molar-refractivity contribution in [2.75, 3.05) is 17.2 Å². The molecule has 0 aliphatic carbocycles. The molecule has 2 bridgehead atoms. The Bertz CT molecular complexity index is 1450. The van der Waals surface area contributed by atoms with E-state index < -0.39 is 28.7 Å². The second-order valence-electron chi connectivity index (χ2n) is 10.8. The van der Waals surface area contributed by atoms with Gasteiger partial charge in [-0.1, -0.05) is 76.1 Å². The first-order valence-electron chi connectivity index (χ1n) is 13.5. The topological polar surface area (TPSA) is 98.7 Å². The van der Waals surface area contributed by atoms with Crippen LogP contribution in [0, 0.1) is 11.8 Å². The van der Waals surface area contributed by atoms with Crippen molar-refractivity contribution >= 4 is 68.4 Å². The average Bonchev–Trinajstić information content (AvgIpc) is 3.57. The van der Waals surface area contributed by atoms with Crippen molar-refractivity contribution in [1.82, 2.24) is 4.90 Å². The smallest absolute Gasteiger partial charge is 0.248 e. The van der Waals surface area contributed by atoms with Crippen molar-refractivity contribution in [3.63, 3.8) is 0 Å². The number of carbonyl (C=O) groups excluding carboxylic acids is 3. The molecule has 3 heterocycles. The summed E-state index contributed by atoms with van der Waals surface area (Å²) in [5.74, 6) is -2.19. The highest BCUT2D eigenvalue weighted by molar-refractivity contribution is 9.09. The molecule has 3 aliphatic rings. The van der Waals surface area contributed by atoms with E-state index >= 15 is 0 Å². The number of nitrogens with one attached hydrogen (secondary N) is 2. The van der Waals surface area contributed by atoms with E-state index in [0.29, 0.717) is 29.2 Å². The van der Waals surface area contributed by atoms with Crippen molar-refractivity contribution in [3.8, 4) is 0 Å². The Morgan fingerprint density at radius 3 is 2.24 bits per heavy atom. The number of aliphatic hydroxyl groups excluding tert-OH is 1. The molecule has 212 valence electrons.